The van der Waals surface area contributed by atoms with E-state index in [2.05, 4.69) is 0 Å². The van der Waals surface area contributed by atoms with Crippen molar-refractivity contribution in [2.45, 2.75) is 33.0 Å². The third-order valence-electron chi connectivity index (χ3n) is 1.52. The van der Waals surface area contributed by atoms with Gasteiger partial charge in [-0.25, -0.2) is 4.79 Å². The summed E-state index contributed by atoms with van der Waals surface area (Å²) in [5.41, 5.74) is 0. The Hall–Kier alpha value is -1.09. The van der Waals surface area contributed by atoms with Gasteiger partial charge in [0.05, 0.1) is 6.10 Å². The lowest BCUT2D eigenvalue weighted by atomic mass is 10.2. The van der Waals surface area contributed by atoms with E-state index in [4.69, 9.17) is 9.84 Å². The van der Waals surface area contributed by atoms with Crippen molar-refractivity contribution in [1.29, 1.82) is 0 Å². The molecule has 0 saturated heterocycles. The molecule has 0 aliphatic rings. The highest BCUT2D eigenvalue weighted by Crippen LogP contribution is 1.98. The number of hydrogen-bond donors (Lipinski definition) is 1. The van der Waals surface area contributed by atoms with Crippen LogP contribution in [0.5, 0.6) is 0 Å². The Labute approximate surface area is 78.7 Å². The smallest absolute Gasteiger partial charge is 0.331 e. The molecule has 0 saturated carbocycles. The van der Waals surface area contributed by atoms with Gasteiger partial charge in [-0.2, -0.15) is 0 Å². The van der Waals surface area contributed by atoms with Gasteiger partial charge in [0.2, 0.25) is 0 Å². The van der Waals surface area contributed by atoms with Crippen molar-refractivity contribution in [2.24, 2.45) is 0 Å². The average Bonchev–Trinajstić information content (AvgIpc) is 2.04. The lowest BCUT2D eigenvalue weighted by Gasteiger charge is -2.13. The van der Waals surface area contributed by atoms with Crippen LogP contribution in [0.15, 0.2) is 24.3 Å². The summed E-state index contributed by atoms with van der Waals surface area (Å²) in [6, 6.07) is 0. The molecule has 0 aromatic rings. The van der Waals surface area contributed by atoms with Gasteiger partial charge >= 0.3 is 5.97 Å². The number of aliphatic hydroxyl groups is 1. The van der Waals surface area contributed by atoms with Crippen LogP contribution in [0.3, 0.4) is 0 Å². The number of carbonyl (C=O) groups excluding carboxylic acids is 1. The zero-order chi connectivity index (χ0) is 10.3. The topological polar surface area (TPSA) is 46.5 Å². The van der Waals surface area contributed by atoms with E-state index in [0.717, 1.165) is 0 Å². The summed E-state index contributed by atoms with van der Waals surface area (Å²) in [7, 11) is 0. The van der Waals surface area contributed by atoms with Crippen LogP contribution in [0.4, 0.5) is 0 Å². The summed E-state index contributed by atoms with van der Waals surface area (Å²) in [6.45, 7) is 5.08. The minimum absolute atomic E-state index is 0.438. The first-order valence-electron chi connectivity index (χ1n) is 4.26. The molecule has 3 nitrogen and oxygen atoms in total. The van der Waals surface area contributed by atoms with Crippen LogP contribution >= 0.6 is 0 Å². The van der Waals surface area contributed by atoms with Gasteiger partial charge < -0.3 is 9.84 Å². The van der Waals surface area contributed by atoms with Crippen molar-refractivity contribution >= 4 is 5.97 Å². The Kier molecular flexibility index (Phi) is 5.89. The fourth-order valence-electron chi connectivity index (χ4n) is 0.566. The number of aliphatic hydroxyl groups excluding tert-OH is 1. The fraction of sp³-hybridized carbons (Fsp3) is 0.500. The van der Waals surface area contributed by atoms with E-state index in [1.165, 1.54) is 6.08 Å². The molecular formula is C10H16O3. The standard InChI is InChI=1S/C10H16O3/c1-4-5-6-7-10(12)13-9(3)8(2)11/h4-9,11H,1-3H3. The van der Waals surface area contributed by atoms with E-state index < -0.39 is 18.2 Å². The van der Waals surface area contributed by atoms with Crippen molar-refractivity contribution < 1.29 is 14.6 Å². The monoisotopic (exact) mass is 184 g/mol. The molecule has 0 amide bonds. The van der Waals surface area contributed by atoms with Gasteiger partial charge in [0.25, 0.3) is 0 Å². The minimum Gasteiger partial charge on any atom is -0.457 e. The Morgan fingerprint density at radius 2 is 2.00 bits per heavy atom. The predicted octanol–water partition coefficient (Wildman–Crippen LogP) is 1.43. The molecule has 0 aliphatic carbocycles. The van der Waals surface area contributed by atoms with Crippen LogP contribution in [-0.4, -0.2) is 23.3 Å². The molecule has 74 valence electrons. The Balaban J connectivity index is 3.87. The van der Waals surface area contributed by atoms with Crippen LogP contribution in [0, 0.1) is 0 Å². The normalized spacial score (nSPS) is 16.3. The van der Waals surface area contributed by atoms with Gasteiger partial charge in [-0.05, 0) is 20.8 Å². The summed E-state index contributed by atoms with van der Waals surface area (Å²) < 4.78 is 4.85. The van der Waals surface area contributed by atoms with E-state index >= 15 is 0 Å². The third kappa shape index (κ3) is 6.11. The Morgan fingerprint density at radius 1 is 1.38 bits per heavy atom. The minimum atomic E-state index is -0.640. The van der Waals surface area contributed by atoms with Crippen molar-refractivity contribution in [1.82, 2.24) is 0 Å². The predicted molar refractivity (Wildman–Crippen MR) is 51.2 cm³/mol. The summed E-state index contributed by atoms with van der Waals surface area (Å²) >= 11 is 0. The summed E-state index contributed by atoms with van der Waals surface area (Å²) in [5.74, 6) is -0.438. The Bertz CT molecular complexity index is 204. The quantitative estimate of drug-likeness (QED) is 0.408. The van der Waals surface area contributed by atoms with Gasteiger partial charge in [0, 0.05) is 6.08 Å². The lowest BCUT2D eigenvalue weighted by Crippen LogP contribution is -2.24. The highest BCUT2D eigenvalue weighted by Gasteiger charge is 2.11. The van der Waals surface area contributed by atoms with E-state index in [9.17, 15) is 4.79 Å². The Morgan fingerprint density at radius 3 is 2.46 bits per heavy atom. The van der Waals surface area contributed by atoms with Gasteiger partial charge in [-0.3, -0.25) is 0 Å². The zero-order valence-electron chi connectivity index (χ0n) is 8.23. The maximum atomic E-state index is 11.0. The van der Waals surface area contributed by atoms with Crippen molar-refractivity contribution in [2.75, 3.05) is 0 Å². The fourth-order valence-corrected chi connectivity index (χ4v) is 0.566. The molecule has 0 radical (unpaired) electrons. The van der Waals surface area contributed by atoms with Crippen molar-refractivity contribution in [3.63, 3.8) is 0 Å². The molecule has 0 spiro atoms. The SMILES string of the molecule is CC=CC=CC(=O)OC(C)C(C)O. The number of carbonyl (C=O) groups is 1. The van der Waals surface area contributed by atoms with Gasteiger partial charge in [-0.15, -0.1) is 0 Å². The number of rotatable bonds is 4. The number of esters is 1. The van der Waals surface area contributed by atoms with E-state index in [1.807, 2.05) is 13.0 Å². The first-order chi connectivity index (χ1) is 6.07. The zero-order valence-corrected chi connectivity index (χ0v) is 8.23. The van der Waals surface area contributed by atoms with Crippen LogP contribution in [0.2, 0.25) is 0 Å². The second kappa shape index (κ2) is 6.43. The van der Waals surface area contributed by atoms with E-state index in [0.29, 0.717) is 0 Å². The molecule has 0 aliphatic heterocycles. The molecule has 2 atom stereocenters. The molecular weight excluding hydrogens is 168 g/mol. The second-order valence-corrected chi connectivity index (χ2v) is 2.77. The molecule has 0 aromatic heterocycles. The molecule has 0 bridgehead atoms. The van der Waals surface area contributed by atoms with Crippen LogP contribution < -0.4 is 0 Å². The van der Waals surface area contributed by atoms with Crippen LogP contribution in [0.25, 0.3) is 0 Å². The number of ether oxygens (including phenoxy) is 1. The average molecular weight is 184 g/mol. The number of hydrogen-bond acceptors (Lipinski definition) is 3. The first kappa shape index (κ1) is 11.9. The molecule has 2 unspecified atom stereocenters. The molecule has 1 N–H and O–H groups in total. The van der Waals surface area contributed by atoms with Crippen molar-refractivity contribution in [3.8, 4) is 0 Å². The molecule has 3 heteroatoms. The molecule has 0 rings (SSSR count). The van der Waals surface area contributed by atoms with Crippen molar-refractivity contribution in [3.05, 3.63) is 24.3 Å². The second-order valence-electron chi connectivity index (χ2n) is 2.77. The molecule has 0 aromatic carbocycles. The maximum Gasteiger partial charge on any atom is 0.331 e. The summed E-state index contributed by atoms with van der Waals surface area (Å²) in [5, 5.41) is 9.03. The highest BCUT2D eigenvalue weighted by molar-refractivity contribution is 5.82. The van der Waals surface area contributed by atoms with Gasteiger partial charge in [0.1, 0.15) is 6.10 Å². The molecule has 0 fully saturated rings. The molecule has 0 heterocycles. The summed E-state index contributed by atoms with van der Waals surface area (Å²) in [6.07, 6.45) is 5.34. The number of allylic oxidation sites excluding steroid dienone is 3. The van der Waals surface area contributed by atoms with E-state index in [-0.39, 0.29) is 0 Å². The third-order valence-corrected chi connectivity index (χ3v) is 1.52. The van der Waals surface area contributed by atoms with Gasteiger partial charge in [-0.1, -0.05) is 18.2 Å². The van der Waals surface area contributed by atoms with Gasteiger partial charge in [0.15, 0.2) is 0 Å². The van der Waals surface area contributed by atoms with E-state index in [1.54, 1.807) is 26.0 Å². The highest BCUT2D eigenvalue weighted by atomic mass is 16.6. The van der Waals surface area contributed by atoms with Crippen LogP contribution in [0.1, 0.15) is 20.8 Å². The largest absolute Gasteiger partial charge is 0.457 e. The maximum absolute atomic E-state index is 11.0. The van der Waals surface area contributed by atoms with Crippen LogP contribution in [-0.2, 0) is 9.53 Å². The molecule has 13 heavy (non-hydrogen) atoms. The first-order valence-corrected chi connectivity index (χ1v) is 4.26. The lowest BCUT2D eigenvalue weighted by molar-refractivity contribution is -0.146. The summed E-state index contributed by atoms with van der Waals surface area (Å²) in [4.78, 5) is 11.0.